The molecule has 0 aliphatic heterocycles. The number of pyridine rings is 1. The van der Waals surface area contributed by atoms with E-state index in [1.165, 1.54) is 0 Å². The molecule has 0 amide bonds. The molecule has 0 aliphatic carbocycles. The number of para-hydroxylation sites is 2. The van der Waals surface area contributed by atoms with Crippen LogP contribution in [-0.2, 0) is 0 Å². The van der Waals surface area contributed by atoms with Gasteiger partial charge in [0.15, 0.2) is 0 Å². The van der Waals surface area contributed by atoms with Crippen molar-refractivity contribution in [3.8, 4) is 40.1 Å². The highest BCUT2D eigenvalue weighted by Crippen LogP contribution is 2.37. The second-order valence-electron chi connectivity index (χ2n) is 8.32. The van der Waals surface area contributed by atoms with Crippen LogP contribution in [0.5, 0.6) is 0 Å². The Morgan fingerprint density at radius 1 is 0.629 bits per heavy atom. The summed E-state index contributed by atoms with van der Waals surface area (Å²) in [5.74, 6) is 0. The molecule has 0 radical (unpaired) electrons. The highest BCUT2D eigenvalue weighted by molar-refractivity contribution is 6.10. The minimum Gasteiger partial charge on any atom is -0.309 e. The first-order valence-corrected chi connectivity index (χ1v) is 11.3. The average molecular weight is 447 g/mol. The molecule has 4 nitrogen and oxygen atoms in total. The Balaban J connectivity index is 1.55. The maximum Gasteiger partial charge on any atom is 0.101 e. The third-order valence-corrected chi connectivity index (χ3v) is 6.40. The number of rotatable bonds is 3. The Hall–Kier alpha value is -5.19. The number of nitriles is 2. The van der Waals surface area contributed by atoms with Crippen LogP contribution in [0.1, 0.15) is 11.1 Å². The molecule has 2 heterocycles. The Bertz CT molecular complexity index is 1810. The fourth-order valence-electron chi connectivity index (χ4n) is 4.78. The van der Waals surface area contributed by atoms with Crippen LogP contribution >= 0.6 is 0 Å². The van der Waals surface area contributed by atoms with Gasteiger partial charge in [-0.15, -0.1) is 0 Å². The van der Waals surface area contributed by atoms with Crippen LogP contribution in [0.25, 0.3) is 49.7 Å². The van der Waals surface area contributed by atoms with Crippen molar-refractivity contribution in [2.75, 3.05) is 0 Å². The van der Waals surface area contributed by atoms with Crippen molar-refractivity contribution in [3.05, 3.63) is 121 Å². The van der Waals surface area contributed by atoms with Gasteiger partial charge in [0.05, 0.1) is 33.9 Å². The summed E-state index contributed by atoms with van der Waals surface area (Å²) in [4.78, 5) is 4.06. The number of aromatic nitrogens is 2. The summed E-state index contributed by atoms with van der Waals surface area (Å²) in [5.41, 5.74) is 8.46. The molecule has 0 atom stereocenters. The lowest BCUT2D eigenvalue weighted by Gasteiger charge is -2.14. The van der Waals surface area contributed by atoms with E-state index in [0.29, 0.717) is 11.1 Å². The van der Waals surface area contributed by atoms with Gasteiger partial charge in [0.25, 0.3) is 0 Å². The van der Waals surface area contributed by atoms with Gasteiger partial charge in [-0.2, -0.15) is 10.5 Å². The van der Waals surface area contributed by atoms with Crippen LogP contribution in [0.4, 0.5) is 0 Å². The minimum atomic E-state index is 0.558. The maximum absolute atomic E-state index is 9.45. The zero-order chi connectivity index (χ0) is 23.8. The number of nitrogens with zero attached hydrogens (tertiary/aromatic N) is 4. The van der Waals surface area contributed by atoms with Gasteiger partial charge < -0.3 is 4.57 Å². The second-order valence-corrected chi connectivity index (χ2v) is 8.32. The zero-order valence-corrected chi connectivity index (χ0v) is 18.7. The van der Waals surface area contributed by atoms with Crippen LogP contribution in [0.15, 0.2) is 109 Å². The standard InChI is InChI=1S/C31H18N4/c32-18-21-9-14-31-28(17-21)27-6-2-4-8-30(27)35(31)29-7-3-1-5-26(29)23-12-10-22(11-13-23)25-15-16-34-20-24(25)19-33/h1-17,20H. The molecule has 35 heavy (non-hydrogen) atoms. The number of benzene rings is 4. The second kappa shape index (κ2) is 8.30. The van der Waals surface area contributed by atoms with Gasteiger partial charge in [0, 0.05) is 34.3 Å². The van der Waals surface area contributed by atoms with Crippen LogP contribution in [0, 0.1) is 22.7 Å². The normalized spacial score (nSPS) is 10.8. The summed E-state index contributed by atoms with van der Waals surface area (Å²) >= 11 is 0. The number of hydrogen-bond acceptors (Lipinski definition) is 3. The van der Waals surface area contributed by atoms with Crippen molar-refractivity contribution < 1.29 is 0 Å². The van der Waals surface area contributed by atoms with Gasteiger partial charge in [-0.1, -0.05) is 60.7 Å². The van der Waals surface area contributed by atoms with E-state index < -0.39 is 0 Å². The molecule has 0 bridgehead atoms. The van der Waals surface area contributed by atoms with Gasteiger partial charge in [-0.3, -0.25) is 4.98 Å². The first-order chi connectivity index (χ1) is 17.3. The molecular formula is C31H18N4. The molecule has 0 saturated carbocycles. The van der Waals surface area contributed by atoms with Gasteiger partial charge in [0.2, 0.25) is 0 Å². The topological polar surface area (TPSA) is 65.4 Å². The molecular weight excluding hydrogens is 428 g/mol. The van der Waals surface area contributed by atoms with E-state index in [1.54, 1.807) is 12.4 Å². The lowest BCUT2D eigenvalue weighted by Crippen LogP contribution is -1.97. The molecule has 0 saturated heterocycles. The van der Waals surface area contributed by atoms with Gasteiger partial charge in [0.1, 0.15) is 6.07 Å². The minimum absolute atomic E-state index is 0.558. The van der Waals surface area contributed by atoms with Crippen molar-refractivity contribution in [1.82, 2.24) is 9.55 Å². The maximum atomic E-state index is 9.45. The summed E-state index contributed by atoms with van der Waals surface area (Å²) in [6.07, 6.45) is 3.30. The van der Waals surface area contributed by atoms with Crippen LogP contribution < -0.4 is 0 Å². The van der Waals surface area contributed by atoms with Crippen molar-refractivity contribution in [2.45, 2.75) is 0 Å². The van der Waals surface area contributed by atoms with Gasteiger partial charge in [-0.25, -0.2) is 0 Å². The van der Waals surface area contributed by atoms with E-state index in [4.69, 9.17) is 0 Å². The number of hydrogen-bond donors (Lipinski definition) is 0. The third kappa shape index (κ3) is 3.33. The fourth-order valence-corrected chi connectivity index (χ4v) is 4.78. The van der Waals surface area contributed by atoms with Crippen LogP contribution in [0.3, 0.4) is 0 Å². The molecule has 0 aliphatic rings. The SMILES string of the molecule is N#Cc1ccc2c(c1)c1ccccc1n2-c1ccccc1-c1ccc(-c2ccncc2C#N)cc1. The van der Waals surface area contributed by atoms with E-state index in [-0.39, 0.29) is 0 Å². The molecule has 0 spiro atoms. The predicted octanol–water partition coefficient (Wildman–Crippen LogP) is 7.26. The summed E-state index contributed by atoms with van der Waals surface area (Å²) in [6, 6.07) is 37.2. The van der Waals surface area contributed by atoms with Crippen molar-refractivity contribution in [1.29, 1.82) is 10.5 Å². The summed E-state index contributed by atoms with van der Waals surface area (Å²) in [5, 5.41) is 21.1. The monoisotopic (exact) mass is 446 g/mol. The Morgan fingerprint density at radius 3 is 2.14 bits per heavy atom. The molecule has 2 aromatic heterocycles. The fraction of sp³-hybridized carbons (Fsp3) is 0. The zero-order valence-electron chi connectivity index (χ0n) is 18.7. The first kappa shape index (κ1) is 20.4. The van der Waals surface area contributed by atoms with Gasteiger partial charge in [-0.05, 0) is 47.5 Å². The lowest BCUT2D eigenvalue weighted by atomic mass is 9.97. The quantitative estimate of drug-likeness (QED) is 0.287. The van der Waals surface area contributed by atoms with E-state index in [9.17, 15) is 10.5 Å². The Labute approximate surface area is 202 Å². The van der Waals surface area contributed by atoms with Crippen LogP contribution in [-0.4, -0.2) is 9.55 Å². The summed E-state index contributed by atoms with van der Waals surface area (Å²) in [6.45, 7) is 0. The summed E-state index contributed by atoms with van der Waals surface area (Å²) < 4.78 is 2.27. The van der Waals surface area contributed by atoms with E-state index in [1.807, 2.05) is 60.7 Å². The van der Waals surface area contributed by atoms with Gasteiger partial charge >= 0.3 is 0 Å². The molecule has 6 rings (SSSR count). The molecule has 0 N–H and O–H groups in total. The largest absolute Gasteiger partial charge is 0.309 e. The van der Waals surface area contributed by atoms with E-state index in [2.05, 4.69) is 58.1 Å². The van der Waals surface area contributed by atoms with Crippen LogP contribution in [0.2, 0.25) is 0 Å². The molecule has 6 aromatic rings. The Morgan fingerprint density at radius 2 is 1.34 bits per heavy atom. The summed E-state index contributed by atoms with van der Waals surface area (Å²) in [7, 11) is 0. The lowest BCUT2D eigenvalue weighted by molar-refractivity contribution is 1.18. The third-order valence-electron chi connectivity index (χ3n) is 6.40. The molecule has 0 fully saturated rings. The van der Waals surface area contributed by atoms with Crippen molar-refractivity contribution in [3.63, 3.8) is 0 Å². The predicted molar refractivity (Wildman–Crippen MR) is 139 cm³/mol. The highest BCUT2D eigenvalue weighted by Gasteiger charge is 2.16. The molecule has 4 heteroatoms. The van der Waals surface area contributed by atoms with Crippen molar-refractivity contribution in [2.24, 2.45) is 0 Å². The molecule has 0 unspecified atom stereocenters. The molecule has 4 aromatic carbocycles. The highest BCUT2D eigenvalue weighted by atomic mass is 15.0. The molecule has 162 valence electrons. The van der Waals surface area contributed by atoms with E-state index in [0.717, 1.165) is 49.7 Å². The first-order valence-electron chi connectivity index (χ1n) is 11.3. The van der Waals surface area contributed by atoms with Crippen molar-refractivity contribution >= 4 is 21.8 Å². The average Bonchev–Trinajstić information content (AvgIpc) is 3.26. The smallest absolute Gasteiger partial charge is 0.101 e. The number of fused-ring (bicyclic) bond motifs is 3. The Kier molecular flexibility index (Phi) is 4.84. The van der Waals surface area contributed by atoms with E-state index >= 15 is 0 Å².